The molecule has 0 radical (unpaired) electrons. The maximum absolute atomic E-state index is 11.6. The first kappa shape index (κ1) is 17.6. The van der Waals surface area contributed by atoms with Crippen LogP contribution in [-0.4, -0.2) is 27.2 Å². The Balaban J connectivity index is 2.46. The van der Waals surface area contributed by atoms with E-state index in [-0.39, 0.29) is 18.7 Å². The van der Waals surface area contributed by atoms with E-state index >= 15 is 0 Å². The van der Waals surface area contributed by atoms with Gasteiger partial charge in [0.25, 0.3) is 0 Å². The third kappa shape index (κ3) is 6.66. The number of unbranched alkanes of at least 4 members (excludes halogenated alkanes) is 1. The van der Waals surface area contributed by atoms with Crippen molar-refractivity contribution < 1.29 is 14.7 Å². The summed E-state index contributed by atoms with van der Waals surface area (Å²) in [4.78, 5) is 22.0. The lowest BCUT2D eigenvalue weighted by atomic mass is 10.0. The van der Waals surface area contributed by atoms with Crippen molar-refractivity contribution in [1.29, 1.82) is 0 Å². The first-order chi connectivity index (χ1) is 10.1. The molecular weight excluding hydrogens is 290 g/mol. The maximum atomic E-state index is 11.6. The molecule has 1 aromatic heterocycles. The number of hydrogen-bond acceptors (Lipinski definition) is 5. The molecule has 21 heavy (non-hydrogen) atoms. The number of aromatic nitrogens is 2. The Hall–Kier alpha value is -1.50. The molecule has 0 aliphatic carbocycles. The van der Waals surface area contributed by atoms with Gasteiger partial charge in [0.15, 0.2) is 0 Å². The first-order valence-corrected chi connectivity index (χ1v) is 8.23. The van der Waals surface area contributed by atoms with Gasteiger partial charge in [0.05, 0.1) is 0 Å². The molecule has 0 spiro atoms. The highest BCUT2D eigenvalue weighted by Crippen LogP contribution is 2.29. The lowest BCUT2D eigenvalue weighted by Gasteiger charge is -2.09. The molecule has 0 aliphatic heterocycles. The van der Waals surface area contributed by atoms with Gasteiger partial charge in [0.1, 0.15) is 5.01 Å². The van der Waals surface area contributed by atoms with E-state index in [2.05, 4.69) is 29.4 Å². The van der Waals surface area contributed by atoms with Crippen molar-refractivity contribution in [3.8, 4) is 0 Å². The predicted molar refractivity (Wildman–Crippen MR) is 82.6 cm³/mol. The van der Waals surface area contributed by atoms with Crippen molar-refractivity contribution >= 4 is 28.3 Å². The van der Waals surface area contributed by atoms with E-state index in [1.54, 1.807) is 0 Å². The smallest absolute Gasteiger partial charge is 0.303 e. The number of carbonyl (C=O) groups is 2. The van der Waals surface area contributed by atoms with Crippen LogP contribution in [0.4, 0.5) is 5.13 Å². The number of nitrogens with zero attached hydrogens (tertiary/aromatic N) is 2. The van der Waals surface area contributed by atoms with E-state index in [4.69, 9.17) is 5.11 Å². The minimum absolute atomic E-state index is 0.00369. The molecule has 7 heteroatoms. The van der Waals surface area contributed by atoms with E-state index in [1.807, 2.05) is 0 Å². The molecule has 1 atom stereocenters. The molecule has 0 aromatic carbocycles. The number of aliphatic carboxylic acids is 1. The molecule has 0 unspecified atom stereocenters. The van der Waals surface area contributed by atoms with E-state index in [9.17, 15) is 9.59 Å². The minimum atomic E-state index is -0.886. The predicted octanol–water partition coefficient (Wildman–Crippen LogP) is 3.42. The quantitative estimate of drug-likeness (QED) is 0.690. The Morgan fingerprint density at radius 3 is 2.62 bits per heavy atom. The number of anilines is 1. The lowest BCUT2D eigenvalue weighted by molar-refractivity contribution is -0.137. The summed E-state index contributed by atoms with van der Waals surface area (Å²) in [5.41, 5.74) is 0. The van der Waals surface area contributed by atoms with Crippen LogP contribution < -0.4 is 5.32 Å². The van der Waals surface area contributed by atoms with Crippen molar-refractivity contribution in [1.82, 2.24) is 10.2 Å². The average Bonchev–Trinajstić information content (AvgIpc) is 2.87. The monoisotopic (exact) mass is 313 g/mol. The van der Waals surface area contributed by atoms with Crippen LogP contribution in [0, 0.1) is 0 Å². The van der Waals surface area contributed by atoms with Crippen molar-refractivity contribution in [3.05, 3.63) is 5.01 Å². The Bertz CT molecular complexity index is 462. The van der Waals surface area contributed by atoms with Crippen molar-refractivity contribution in [3.63, 3.8) is 0 Å². The number of nitrogens with one attached hydrogen (secondary N) is 1. The molecule has 2 N–H and O–H groups in total. The molecule has 1 aromatic rings. The van der Waals surface area contributed by atoms with Crippen molar-refractivity contribution in [2.24, 2.45) is 0 Å². The van der Waals surface area contributed by atoms with Gasteiger partial charge in [-0.25, -0.2) is 0 Å². The summed E-state index contributed by atoms with van der Waals surface area (Å²) in [6, 6.07) is 0. The summed E-state index contributed by atoms with van der Waals surface area (Å²) in [7, 11) is 0. The zero-order valence-electron chi connectivity index (χ0n) is 12.6. The topological polar surface area (TPSA) is 92.2 Å². The van der Waals surface area contributed by atoms with Crippen molar-refractivity contribution in [2.45, 2.75) is 64.7 Å². The fraction of sp³-hybridized carbons (Fsp3) is 0.714. The molecule has 118 valence electrons. The molecular formula is C14H23N3O3S. The van der Waals surface area contributed by atoms with Crippen LogP contribution in [0.15, 0.2) is 0 Å². The highest BCUT2D eigenvalue weighted by atomic mass is 32.1. The Morgan fingerprint density at radius 2 is 2.00 bits per heavy atom. The number of hydrogen-bond donors (Lipinski definition) is 2. The summed E-state index contributed by atoms with van der Waals surface area (Å²) >= 11 is 1.41. The van der Waals surface area contributed by atoms with Gasteiger partial charge >= 0.3 is 5.97 Å². The third-order valence-corrected chi connectivity index (χ3v) is 4.23. The van der Waals surface area contributed by atoms with Gasteiger partial charge in [-0.3, -0.25) is 9.59 Å². The fourth-order valence-corrected chi connectivity index (χ4v) is 2.96. The van der Waals surface area contributed by atoms with Crippen LogP contribution in [-0.2, 0) is 9.59 Å². The molecule has 1 heterocycles. The van der Waals surface area contributed by atoms with E-state index in [0.717, 1.165) is 30.7 Å². The number of carbonyl (C=O) groups excluding carboxylic acids is 1. The van der Waals surface area contributed by atoms with Crippen LogP contribution in [0.1, 0.15) is 69.7 Å². The largest absolute Gasteiger partial charge is 0.481 e. The van der Waals surface area contributed by atoms with Gasteiger partial charge in [-0.2, -0.15) is 0 Å². The first-order valence-electron chi connectivity index (χ1n) is 7.41. The van der Waals surface area contributed by atoms with Crippen LogP contribution in [0.25, 0.3) is 0 Å². The zero-order chi connectivity index (χ0) is 15.7. The summed E-state index contributed by atoms with van der Waals surface area (Å²) < 4.78 is 0. The summed E-state index contributed by atoms with van der Waals surface area (Å²) in [6.07, 6.45) is 4.95. The molecule has 0 fully saturated rings. The summed E-state index contributed by atoms with van der Waals surface area (Å²) in [5, 5.41) is 20.8. The third-order valence-electron chi connectivity index (χ3n) is 3.23. The second kappa shape index (κ2) is 9.44. The van der Waals surface area contributed by atoms with Crippen LogP contribution in [0.5, 0.6) is 0 Å². The van der Waals surface area contributed by atoms with E-state index in [1.165, 1.54) is 11.3 Å². The standard InChI is InChI=1S/C14H23N3O3S/c1-3-5-7-10(4-2)13-16-17-14(21-13)15-11(18)8-6-9-12(19)20/h10H,3-9H2,1-2H3,(H,19,20)(H,15,17,18)/t10-/m0/s1. The van der Waals surface area contributed by atoms with Gasteiger partial charge in [0, 0.05) is 18.8 Å². The number of carboxylic acid groups (broad SMARTS) is 1. The lowest BCUT2D eigenvalue weighted by Crippen LogP contribution is -2.11. The van der Waals surface area contributed by atoms with E-state index < -0.39 is 5.97 Å². The zero-order valence-corrected chi connectivity index (χ0v) is 13.4. The van der Waals surface area contributed by atoms with Gasteiger partial charge in [-0.05, 0) is 19.3 Å². The highest BCUT2D eigenvalue weighted by Gasteiger charge is 2.15. The molecule has 0 saturated heterocycles. The second-order valence-electron chi connectivity index (χ2n) is 4.99. The number of amides is 1. The van der Waals surface area contributed by atoms with E-state index in [0.29, 0.717) is 17.5 Å². The molecule has 0 aliphatic rings. The normalized spacial score (nSPS) is 12.1. The van der Waals surface area contributed by atoms with Gasteiger partial charge in [-0.1, -0.05) is 38.0 Å². The second-order valence-corrected chi connectivity index (χ2v) is 6.00. The van der Waals surface area contributed by atoms with Crippen LogP contribution in [0.2, 0.25) is 0 Å². The number of carboxylic acids is 1. The SMILES string of the molecule is CCCC[C@H](CC)c1nnc(NC(=O)CCCC(=O)O)s1. The minimum Gasteiger partial charge on any atom is -0.481 e. The average molecular weight is 313 g/mol. The number of rotatable bonds is 10. The fourth-order valence-electron chi connectivity index (χ4n) is 1.98. The molecule has 6 nitrogen and oxygen atoms in total. The maximum Gasteiger partial charge on any atom is 0.303 e. The summed E-state index contributed by atoms with van der Waals surface area (Å²) in [6.45, 7) is 4.29. The molecule has 0 saturated carbocycles. The Kier molecular flexibility index (Phi) is 7.89. The van der Waals surface area contributed by atoms with Crippen LogP contribution in [0.3, 0.4) is 0 Å². The Morgan fingerprint density at radius 1 is 1.24 bits per heavy atom. The molecule has 0 bridgehead atoms. The van der Waals surface area contributed by atoms with Crippen molar-refractivity contribution in [2.75, 3.05) is 5.32 Å². The highest BCUT2D eigenvalue weighted by molar-refractivity contribution is 7.15. The molecule has 1 rings (SSSR count). The molecule has 1 amide bonds. The van der Waals surface area contributed by atoms with Gasteiger partial charge in [0.2, 0.25) is 11.0 Å². The van der Waals surface area contributed by atoms with Gasteiger partial charge < -0.3 is 10.4 Å². The van der Waals surface area contributed by atoms with Gasteiger partial charge in [-0.15, -0.1) is 10.2 Å². The van der Waals surface area contributed by atoms with Crippen LogP contribution >= 0.6 is 11.3 Å². The summed E-state index contributed by atoms with van der Waals surface area (Å²) in [5.74, 6) is -0.691. The Labute approximate surface area is 129 Å².